The van der Waals surface area contributed by atoms with Crippen LogP contribution in [0.4, 0.5) is 4.39 Å². The first-order valence-corrected chi connectivity index (χ1v) is 5.89. The number of hydrogen-bond donors (Lipinski definition) is 2. The van der Waals surface area contributed by atoms with Gasteiger partial charge in [0, 0.05) is 5.56 Å². The third-order valence-corrected chi connectivity index (χ3v) is 2.79. The SMILES string of the molecule is Cc1cccc(OCc2cccc(C(=N)N)c2)c1F. The van der Waals surface area contributed by atoms with Crippen molar-refractivity contribution in [2.45, 2.75) is 13.5 Å². The quantitative estimate of drug-likeness (QED) is 0.654. The summed E-state index contributed by atoms with van der Waals surface area (Å²) in [5.41, 5.74) is 7.44. The first-order chi connectivity index (χ1) is 9.08. The number of nitrogens with two attached hydrogens (primary N) is 1. The third-order valence-electron chi connectivity index (χ3n) is 2.79. The zero-order valence-corrected chi connectivity index (χ0v) is 10.6. The van der Waals surface area contributed by atoms with E-state index in [1.165, 1.54) is 0 Å². The number of ether oxygens (including phenoxy) is 1. The molecule has 2 aromatic carbocycles. The minimum Gasteiger partial charge on any atom is -0.486 e. The van der Waals surface area contributed by atoms with Crippen LogP contribution in [0, 0.1) is 18.2 Å². The molecule has 0 fully saturated rings. The van der Waals surface area contributed by atoms with Crippen LogP contribution in [-0.4, -0.2) is 5.84 Å². The molecular formula is C15H15FN2O. The zero-order valence-electron chi connectivity index (χ0n) is 10.6. The van der Waals surface area contributed by atoms with Gasteiger partial charge >= 0.3 is 0 Å². The molecule has 0 saturated carbocycles. The van der Waals surface area contributed by atoms with Gasteiger partial charge in [0.1, 0.15) is 12.4 Å². The standard InChI is InChI=1S/C15H15FN2O/c1-10-4-2-7-13(14(10)16)19-9-11-5-3-6-12(8-11)15(17)18/h2-8H,9H2,1H3,(H3,17,18). The molecule has 4 heteroatoms. The Morgan fingerprint density at radius 1 is 1.26 bits per heavy atom. The van der Waals surface area contributed by atoms with Crippen molar-refractivity contribution in [2.75, 3.05) is 0 Å². The fourth-order valence-corrected chi connectivity index (χ4v) is 1.72. The maximum Gasteiger partial charge on any atom is 0.167 e. The number of hydrogen-bond acceptors (Lipinski definition) is 2. The molecule has 0 radical (unpaired) electrons. The average Bonchev–Trinajstić information content (AvgIpc) is 2.41. The molecule has 3 nitrogen and oxygen atoms in total. The first-order valence-electron chi connectivity index (χ1n) is 5.89. The molecule has 2 rings (SSSR count). The van der Waals surface area contributed by atoms with Gasteiger partial charge in [0.05, 0.1) is 0 Å². The van der Waals surface area contributed by atoms with Crippen LogP contribution >= 0.6 is 0 Å². The normalized spacial score (nSPS) is 10.2. The zero-order chi connectivity index (χ0) is 13.8. The van der Waals surface area contributed by atoms with Crippen LogP contribution in [0.25, 0.3) is 0 Å². The fourth-order valence-electron chi connectivity index (χ4n) is 1.72. The van der Waals surface area contributed by atoms with Crippen molar-refractivity contribution in [1.82, 2.24) is 0 Å². The van der Waals surface area contributed by atoms with E-state index in [1.54, 1.807) is 43.3 Å². The molecule has 0 aromatic heterocycles. The van der Waals surface area contributed by atoms with Crippen molar-refractivity contribution in [1.29, 1.82) is 5.41 Å². The van der Waals surface area contributed by atoms with Crippen molar-refractivity contribution in [2.24, 2.45) is 5.73 Å². The largest absolute Gasteiger partial charge is 0.486 e. The van der Waals surface area contributed by atoms with Crippen molar-refractivity contribution >= 4 is 5.84 Å². The monoisotopic (exact) mass is 258 g/mol. The van der Waals surface area contributed by atoms with Crippen LogP contribution in [-0.2, 0) is 6.61 Å². The van der Waals surface area contributed by atoms with Gasteiger partial charge in [-0.1, -0.05) is 30.3 Å². The summed E-state index contributed by atoms with van der Waals surface area (Å²) < 4.78 is 19.2. The molecule has 0 atom stereocenters. The highest BCUT2D eigenvalue weighted by Crippen LogP contribution is 2.20. The van der Waals surface area contributed by atoms with Crippen molar-refractivity contribution in [3.05, 3.63) is 65.0 Å². The highest BCUT2D eigenvalue weighted by molar-refractivity contribution is 5.95. The average molecular weight is 258 g/mol. The smallest absolute Gasteiger partial charge is 0.167 e. The molecule has 0 spiro atoms. The molecule has 0 aliphatic carbocycles. The van der Waals surface area contributed by atoms with Crippen molar-refractivity contribution in [3.8, 4) is 5.75 Å². The minimum atomic E-state index is -0.342. The third kappa shape index (κ3) is 3.10. The highest BCUT2D eigenvalue weighted by atomic mass is 19.1. The maximum absolute atomic E-state index is 13.7. The molecule has 0 aliphatic heterocycles. The Labute approximate surface area is 111 Å². The number of rotatable bonds is 4. The summed E-state index contributed by atoms with van der Waals surface area (Å²) in [5.74, 6) is -0.109. The van der Waals surface area contributed by atoms with Crippen LogP contribution in [0.3, 0.4) is 0 Å². The van der Waals surface area contributed by atoms with Gasteiger partial charge in [-0.25, -0.2) is 4.39 Å². The lowest BCUT2D eigenvalue weighted by molar-refractivity contribution is 0.289. The minimum absolute atomic E-state index is 0.00332. The lowest BCUT2D eigenvalue weighted by Gasteiger charge is -2.09. The van der Waals surface area contributed by atoms with E-state index in [2.05, 4.69) is 0 Å². The van der Waals surface area contributed by atoms with Crippen LogP contribution < -0.4 is 10.5 Å². The van der Waals surface area contributed by atoms with Crippen LogP contribution in [0.2, 0.25) is 0 Å². The molecule has 0 aliphatic rings. The second kappa shape index (κ2) is 5.52. The van der Waals surface area contributed by atoms with Crippen molar-refractivity contribution in [3.63, 3.8) is 0 Å². The van der Waals surface area contributed by atoms with E-state index in [9.17, 15) is 4.39 Å². The van der Waals surface area contributed by atoms with E-state index < -0.39 is 0 Å². The van der Waals surface area contributed by atoms with Gasteiger partial charge < -0.3 is 10.5 Å². The molecule has 98 valence electrons. The summed E-state index contributed by atoms with van der Waals surface area (Å²) in [6.45, 7) is 1.93. The van der Waals surface area contributed by atoms with Gasteiger partial charge in [-0.2, -0.15) is 0 Å². The topological polar surface area (TPSA) is 59.1 Å². The van der Waals surface area contributed by atoms with Gasteiger partial charge in [0.15, 0.2) is 11.6 Å². The van der Waals surface area contributed by atoms with Gasteiger partial charge in [-0.3, -0.25) is 5.41 Å². The Morgan fingerprint density at radius 2 is 2.00 bits per heavy atom. The van der Waals surface area contributed by atoms with Crippen LogP contribution in [0.1, 0.15) is 16.7 Å². The number of halogens is 1. The fraction of sp³-hybridized carbons (Fsp3) is 0.133. The molecule has 0 heterocycles. The number of benzene rings is 2. The molecule has 19 heavy (non-hydrogen) atoms. The molecule has 3 N–H and O–H groups in total. The van der Waals surface area contributed by atoms with E-state index >= 15 is 0 Å². The van der Waals surface area contributed by atoms with E-state index in [4.69, 9.17) is 15.9 Å². The molecule has 0 unspecified atom stereocenters. The predicted octanol–water partition coefficient (Wildman–Crippen LogP) is 3.00. The Kier molecular flexibility index (Phi) is 3.80. The Balaban J connectivity index is 2.12. The number of nitrogen functional groups attached to an aromatic ring is 1. The maximum atomic E-state index is 13.7. The molecular weight excluding hydrogens is 243 g/mol. The summed E-state index contributed by atoms with van der Waals surface area (Å²) in [4.78, 5) is 0. The van der Waals surface area contributed by atoms with Crippen LogP contribution in [0.5, 0.6) is 5.75 Å². The summed E-state index contributed by atoms with van der Waals surface area (Å²) in [6.07, 6.45) is 0. The number of nitrogens with one attached hydrogen (secondary N) is 1. The lowest BCUT2D eigenvalue weighted by Crippen LogP contribution is -2.11. The van der Waals surface area contributed by atoms with E-state index in [1.807, 2.05) is 6.07 Å². The molecule has 0 bridgehead atoms. The molecule has 0 amide bonds. The van der Waals surface area contributed by atoms with Crippen LogP contribution in [0.15, 0.2) is 42.5 Å². The Hall–Kier alpha value is -2.36. The van der Waals surface area contributed by atoms with Gasteiger partial charge in [0.2, 0.25) is 0 Å². The van der Waals surface area contributed by atoms with E-state index in [0.29, 0.717) is 11.1 Å². The summed E-state index contributed by atoms with van der Waals surface area (Å²) in [7, 11) is 0. The number of amidine groups is 1. The van der Waals surface area contributed by atoms with Gasteiger partial charge in [-0.15, -0.1) is 0 Å². The lowest BCUT2D eigenvalue weighted by atomic mass is 10.1. The predicted molar refractivity (Wildman–Crippen MR) is 72.9 cm³/mol. The Morgan fingerprint density at radius 3 is 2.74 bits per heavy atom. The summed E-state index contributed by atoms with van der Waals surface area (Å²) in [5, 5.41) is 7.37. The Bertz CT molecular complexity index is 611. The van der Waals surface area contributed by atoms with Gasteiger partial charge in [0.25, 0.3) is 0 Å². The van der Waals surface area contributed by atoms with E-state index in [-0.39, 0.29) is 24.0 Å². The summed E-state index contributed by atoms with van der Waals surface area (Å²) >= 11 is 0. The highest BCUT2D eigenvalue weighted by Gasteiger charge is 2.06. The molecule has 2 aromatic rings. The molecule has 0 saturated heterocycles. The van der Waals surface area contributed by atoms with Gasteiger partial charge in [-0.05, 0) is 30.2 Å². The second-order valence-electron chi connectivity index (χ2n) is 4.29. The second-order valence-corrected chi connectivity index (χ2v) is 4.29. The number of aryl methyl sites for hydroxylation is 1. The van der Waals surface area contributed by atoms with E-state index in [0.717, 1.165) is 5.56 Å². The van der Waals surface area contributed by atoms with Crippen molar-refractivity contribution < 1.29 is 9.13 Å². The first kappa shape index (κ1) is 13.1. The summed E-state index contributed by atoms with van der Waals surface area (Å²) in [6, 6.07) is 12.2.